The number of carbonyl (C=O) groups excluding carboxylic acids is 2. The number of rotatable bonds is 8. The number of nitrogens with one attached hydrogen (secondary N) is 1. The summed E-state index contributed by atoms with van der Waals surface area (Å²) < 4.78 is 2.04. The van der Waals surface area contributed by atoms with Crippen LogP contribution in [0.1, 0.15) is 43.4 Å². The largest absolute Gasteiger partial charge is 0.325 e. The van der Waals surface area contributed by atoms with Gasteiger partial charge in [-0.05, 0) is 32.4 Å². The Kier molecular flexibility index (Phi) is 6.54. The summed E-state index contributed by atoms with van der Waals surface area (Å²) in [5, 5.41) is 11.9. The van der Waals surface area contributed by atoms with Crippen molar-refractivity contribution in [1.29, 1.82) is 0 Å². The molecule has 0 unspecified atom stereocenters. The van der Waals surface area contributed by atoms with Crippen molar-refractivity contribution < 1.29 is 9.59 Å². The molecule has 0 aliphatic heterocycles. The van der Waals surface area contributed by atoms with E-state index in [-0.39, 0.29) is 17.4 Å². The van der Waals surface area contributed by atoms with E-state index in [1.54, 1.807) is 24.3 Å². The quantitative estimate of drug-likeness (QED) is 0.587. The number of carbonyl (C=O) groups is 2. The number of amides is 1. The molecular weight excluding hydrogens is 324 g/mol. The van der Waals surface area contributed by atoms with Gasteiger partial charge in [0.15, 0.2) is 10.9 Å². The minimum Gasteiger partial charge on any atom is -0.325 e. The monoisotopic (exact) mass is 346 g/mol. The van der Waals surface area contributed by atoms with Gasteiger partial charge >= 0.3 is 0 Å². The van der Waals surface area contributed by atoms with Crippen LogP contribution in [0, 0.1) is 0 Å². The summed E-state index contributed by atoms with van der Waals surface area (Å²) in [6.07, 6.45) is 1.89. The van der Waals surface area contributed by atoms with E-state index in [4.69, 9.17) is 0 Å². The first-order chi connectivity index (χ1) is 11.5. The fraction of sp³-hybridized carbons (Fsp3) is 0.412. The highest BCUT2D eigenvalue weighted by Gasteiger charge is 2.13. The van der Waals surface area contributed by atoms with E-state index < -0.39 is 0 Å². The molecule has 1 heterocycles. The molecule has 0 radical (unpaired) electrons. The topological polar surface area (TPSA) is 76.9 Å². The van der Waals surface area contributed by atoms with Gasteiger partial charge in [0.2, 0.25) is 5.91 Å². The van der Waals surface area contributed by atoms with E-state index in [9.17, 15) is 9.59 Å². The summed E-state index contributed by atoms with van der Waals surface area (Å²) in [6.45, 7) is 6.43. The summed E-state index contributed by atoms with van der Waals surface area (Å²) in [4.78, 5) is 23.5. The Bertz CT molecular complexity index is 727. The molecule has 0 fully saturated rings. The zero-order chi connectivity index (χ0) is 17.5. The molecule has 2 aromatic rings. The maximum Gasteiger partial charge on any atom is 0.234 e. The van der Waals surface area contributed by atoms with Crippen LogP contribution in [-0.2, 0) is 17.8 Å². The molecule has 128 valence electrons. The molecule has 1 N–H and O–H groups in total. The molecule has 1 amide bonds. The second kappa shape index (κ2) is 8.63. The Morgan fingerprint density at radius 3 is 2.71 bits per heavy atom. The molecule has 0 spiro atoms. The van der Waals surface area contributed by atoms with Gasteiger partial charge in [-0.3, -0.25) is 9.59 Å². The van der Waals surface area contributed by atoms with Crippen LogP contribution < -0.4 is 5.32 Å². The number of hydrogen-bond donors (Lipinski definition) is 1. The molecule has 24 heavy (non-hydrogen) atoms. The third-order valence-electron chi connectivity index (χ3n) is 3.47. The molecule has 2 rings (SSSR count). The summed E-state index contributed by atoms with van der Waals surface area (Å²) in [5.41, 5.74) is 1.20. The molecule has 0 bridgehead atoms. The molecule has 0 saturated carbocycles. The van der Waals surface area contributed by atoms with Gasteiger partial charge in [-0.15, -0.1) is 10.2 Å². The van der Waals surface area contributed by atoms with Crippen LogP contribution in [0.25, 0.3) is 0 Å². The smallest absolute Gasteiger partial charge is 0.234 e. The fourth-order valence-electron chi connectivity index (χ4n) is 2.30. The molecule has 0 aliphatic rings. The predicted octanol–water partition coefficient (Wildman–Crippen LogP) is 3.18. The van der Waals surface area contributed by atoms with Gasteiger partial charge in [-0.1, -0.05) is 30.8 Å². The number of thioether (sulfide) groups is 1. The Labute approximate surface area is 146 Å². The Hall–Kier alpha value is -2.15. The van der Waals surface area contributed by atoms with Crippen LogP contribution in [0.3, 0.4) is 0 Å². The normalized spacial score (nSPS) is 10.6. The minimum atomic E-state index is -0.136. The van der Waals surface area contributed by atoms with Gasteiger partial charge < -0.3 is 9.88 Å². The number of hydrogen-bond acceptors (Lipinski definition) is 5. The van der Waals surface area contributed by atoms with Crippen molar-refractivity contribution in [3.05, 3.63) is 35.7 Å². The highest BCUT2D eigenvalue weighted by Crippen LogP contribution is 2.18. The lowest BCUT2D eigenvalue weighted by atomic mass is 10.1. The number of Topliss-reactive ketones (excluding diaryl/α,β-unsaturated/α-hetero) is 1. The number of anilines is 1. The minimum absolute atomic E-state index is 0.0278. The third kappa shape index (κ3) is 4.67. The van der Waals surface area contributed by atoms with Gasteiger partial charge in [0, 0.05) is 24.2 Å². The highest BCUT2D eigenvalue weighted by molar-refractivity contribution is 7.99. The van der Waals surface area contributed by atoms with Crippen LogP contribution in [0.5, 0.6) is 0 Å². The van der Waals surface area contributed by atoms with Crippen molar-refractivity contribution in [2.24, 2.45) is 0 Å². The van der Waals surface area contributed by atoms with E-state index >= 15 is 0 Å². The number of aromatic nitrogens is 3. The van der Waals surface area contributed by atoms with Gasteiger partial charge in [-0.2, -0.15) is 0 Å². The summed E-state index contributed by atoms with van der Waals surface area (Å²) in [7, 11) is 0. The van der Waals surface area contributed by atoms with E-state index in [0.717, 1.165) is 30.4 Å². The SMILES string of the molecule is CCCc1nnc(SCC(=O)Nc2cccc(C(C)=O)c2)n1CC. The Balaban J connectivity index is 1.96. The van der Waals surface area contributed by atoms with Crippen molar-refractivity contribution in [2.45, 2.75) is 45.3 Å². The van der Waals surface area contributed by atoms with Gasteiger partial charge in [0.25, 0.3) is 0 Å². The van der Waals surface area contributed by atoms with Crippen molar-refractivity contribution >= 4 is 29.1 Å². The average Bonchev–Trinajstić information content (AvgIpc) is 2.95. The molecule has 6 nitrogen and oxygen atoms in total. The van der Waals surface area contributed by atoms with Crippen molar-refractivity contribution in [2.75, 3.05) is 11.1 Å². The van der Waals surface area contributed by atoms with Crippen LogP contribution in [0.2, 0.25) is 0 Å². The van der Waals surface area contributed by atoms with Gasteiger partial charge in [-0.25, -0.2) is 0 Å². The predicted molar refractivity (Wildman–Crippen MR) is 95.5 cm³/mol. The molecule has 0 atom stereocenters. The van der Waals surface area contributed by atoms with Crippen molar-refractivity contribution in [1.82, 2.24) is 14.8 Å². The second-order valence-electron chi connectivity index (χ2n) is 5.37. The first kappa shape index (κ1) is 18.2. The average molecular weight is 346 g/mol. The van der Waals surface area contributed by atoms with Gasteiger partial charge in [0.1, 0.15) is 5.82 Å². The van der Waals surface area contributed by atoms with Crippen LogP contribution in [0.15, 0.2) is 29.4 Å². The fourth-order valence-corrected chi connectivity index (χ4v) is 3.12. The number of ketones is 1. The van der Waals surface area contributed by atoms with Crippen molar-refractivity contribution in [3.8, 4) is 0 Å². The van der Waals surface area contributed by atoms with Crippen LogP contribution >= 0.6 is 11.8 Å². The van der Waals surface area contributed by atoms with Crippen LogP contribution in [0.4, 0.5) is 5.69 Å². The molecule has 1 aromatic carbocycles. The molecular formula is C17H22N4O2S. The number of nitrogens with zero attached hydrogens (tertiary/aromatic N) is 3. The molecule has 0 saturated heterocycles. The Morgan fingerprint density at radius 2 is 2.04 bits per heavy atom. The van der Waals surface area contributed by atoms with Crippen molar-refractivity contribution in [3.63, 3.8) is 0 Å². The first-order valence-corrected chi connectivity index (χ1v) is 8.99. The first-order valence-electron chi connectivity index (χ1n) is 8.00. The maximum atomic E-state index is 12.1. The van der Waals surface area contributed by atoms with E-state index in [1.807, 2.05) is 11.5 Å². The number of benzene rings is 1. The van der Waals surface area contributed by atoms with E-state index in [1.165, 1.54) is 18.7 Å². The lowest BCUT2D eigenvalue weighted by Crippen LogP contribution is -2.15. The summed E-state index contributed by atoms with van der Waals surface area (Å²) in [6, 6.07) is 6.93. The molecule has 1 aromatic heterocycles. The van der Waals surface area contributed by atoms with E-state index in [0.29, 0.717) is 11.3 Å². The zero-order valence-electron chi connectivity index (χ0n) is 14.2. The summed E-state index contributed by atoms with van der Waals surface area (Å²) in [5.74, 6) is 1.04. The summed E-state index contributed by atoms with van der Waals surface area (Å²) >= 11 is 1.37. The number of aryl methyl sites for hydroxylation is 1. The van der Waals surface area contributed by atoms with Crippen LogP contribution in [-0.4, -0.2) is 32.2 Å². The maximum absolute atomic E-state index is 12.1. The zero-order valence-corrected chi connectivity index (χ0v) is 15.0. The lowest BCUT2D eigenvalue weighted by molar-refractivity contribution is -0.113. The van der Waals surface area contributed by atoms with Gasteiger partial charge in [0.05, 0.1) is 5.75 Å². The standard InChI is InChI=1S/C17H22N4O2S/c1-4-7-15-19-20-17(21(15)5-2)24-11-16(23)18-14-9-6-8-13(10-14)12(3)22/h6,8-10H,4-5,7,11H2,1-3H3,(H,18,23). The Morgan fingerprint density at radius 1 is 1.25 bits per heavy atom. The highest BCUT2D eigenvalue weighted by atomic mass is 32.2. The molecule has 0 aliphatic carbocycles. The second-order valence-corrected chi connectivity index (χ2v) is 6.31. The lowest BCUT2D eigenvalue weighted by Gasteiger charge is -2.08. The molecule has 7 heteroatoms. The van der Waals surface area contributed by atoms with E-state index in [2.05, 4.69) is 22.4 Å². The third-order valence-corrected chi connectivity index (χ3v) is 4.44.